The molecule has 7 heteroatoms. The van der Waals surface area contributed by atoms with Crippen molar-refractivity contribution in [3.8, 4) is 0 Å². The zero-order chi connectivity index (χ0) is 14.2. The summed E-state index contributed by atoms with van der Waals surface area (Å²) in [6, 6.07) is -0.331. The van der Waals surface area contributed by atoms with Crippen LogP contribution < -0.4 is 5.32 Å². The molecule has 1 aliphatic heterocycles. The number of hydrogen-bond donors (Lipinski definition) is 1. The minimum atomic E-state index is -0.881. The number of aromatic nitrogens is 3. The van der Waals surface area contributed by atoms with E-state index >= 15 is 0 Å². The van der Waals surface area contributed by atoms with Gasteiger partial charge in [-0.25, -0.2) is 0 Å². The summed E-state index contributed by atoms with van der Waals surface area (Å²) in [5.41, 5.74) is 0. The van der Waals surface area contributed by atoms with E-state index in [1.807, 2.05) is 13.8 Å². The summed E-state index contributed by atoms with van der Waals surface area (Å²) in [6.45, 7) is 7.54. The van der Waals surface area contributed by atoms with E-state index in [4.69, 9.17) is 4.74 Å². The smallest absolute Gasteiger partial charge is 0.320 e. The number of carbonyl (C=O) groups excluding carboxylic acids is 2. The van der Waals surface area contributed by atoms with E-state index < -0.39 is 11.9 Å². The Morgan fingerprint density at radius 2 is 2.21 bits per heavy atom. The molecule has 0 fully saturated rings. The molecule has 1 aromatic rings. The highest BCUT2D eigenvalue weighted by molar-refractivity contribution is 6.02. The van der Waals surface area contributed by atoms with Gasteiger partial charge in [-0.05, 0) is 19.8 Å². The maximum atomic E-state index is 12.4. The molecule has 0 aliphatic carbocycles. The SMILES string of the molecule is CCOC(=O)[C@@H]1C(=O)n2nc(C)nc2N[C@@H]1C(C)C. The van der Waals surface area contributed by atoms with Crippen molar-refractivity contribution in [3.05, 3.63) is 5.82 Å². The van der Waals surface area contributed by atoms with Gasteiger partial charge in [0.25, 0.3) is 5.91 Å². The molecule has 0 saturated heterocycles. The van der Waals surface area contributed by atoms with Crippen LogP contribution in [0.5, 0.6) is 0 Å². The Bertz CT molecular complexity index is 509. The van der Waals surface area contributed by atoms with Gasteiger partial charge in [0.05, 0.1) is 12.6 Å². The molecule has 0 bridgehead atoms. The molecule has 1 aliphatic rings. The Hall–Kier alpha value is -1.92. The average Bonchev–Trinajstić information content (AvgIpc) is 2.70. The third-order valence-corrected chi connectivity index (χ3v) is 3.10. The van der Waals surface area contributed by atoms with Crippen LogP contribution >= 0.6 is 0 Å². The number of anilines is 1. The number of carbonyl (C=O) groups is 2. The second-order valence-corrected chi connectivity index (χ2v) is 4.88. The van der Waals surface area contributed by atoms with Gasteiger partial charge in [0.2, 0.25) is 5.95 Å². The van der Waals surface area contributed by atoms with Crippen LogP contribution in [0.15, 0.2) is 0 Å². The molecule has 19 heavy (non-hydrogen) atoms. The van der Waals surface area contributed by atoms with E-state index in [0.29, 0.717) is 11.8 Å². The molecule has 1 aromatic heterocycles. The van der Waals surface area contributed by atoms with Crippen LogP contribution in [0, 0.1) is 18.8 Å². The Balaban J connectivity index is 2.40. The van der Waals surface area contributed by atoms with E-state index in [9.17, 15) is 9.59 Å². The largest absolute Gasteiger partial charge is 0.465 e. The summed E-state index contributed by atoms with van der Waals surface area (Å²) in [4.78, 5) is 28.5. The third-order valence-electron chi connectivity index (χ3n) is 3.10. The fourth-order valence-electron chi connectivity index (χ4n) is 2.21. The van der Waals surface area contributed by atoms with Gasteiger partial charge in [0.1, 0.15) is 5.82 Å². The molecular formula is C12H18N4O3. The van der Waals surface area contributed by atoms with Crippen LogP contribution in [-0.2, 0) is 9.53 Å². The summed E-state index contributed by atoms with van der Waals surface area (Å²) >= 11 is 0. The van der Waals surface area contributed by atoms with E-state index in [-0.39, 0.29) is 24.5 Å². The van der Waals surface area contributed by atoms with Crippen LogP contribution in [0.1, 0.15) is 31.4 Å². The molecule has 0 amide bonds. The number of esters is 1. The van der Waals surface area contributed by atoms with Gasteiger partial charge in [-0.15, -0.1) is 5.10 Å². The lowest BCUT2D eigenvalue weighted by molar-refractivity contribution is -0.147. The van der Waals surface area contributed by atoms with Crippen LogP contribution in [0.2, 0.25) is 0 Å². The van der Waals surface area contributed by atoms with Crippen molar-refractivity contribution in [1.29, 1.82) is 0 Å². The molecule has 104 valence electrons. The molecule has 1 N–H and O–H groups in total. The monoisotopic (exact) mass is 266 g/mol. The van der Waals surface area contributed by atoms with Crippen molar-refractivity contribution < 1.29 is 14.3 Å². The van der Waals surface area contributed by atoms with Gasteiger partial charge in [-0.3, -0.25) is 9.59 Å². The van der Waals surface area contributed by atoms with Gasteiger partial charge < -0.3 is 10.1 Å². The zero-order valence-corrected chi connectivity index (χ0v) is 11.5. The quantitative estimate of drug-likeness (QED) is 0.645. The van der Waals surface area contributed by atoms with Crippen molar-refractivity contribution >= 4 is 17.8 Å². The molecule has 0 radical (unpaired) electrons. The van der Waals surface area contributed by atoms with E-state index in [0.717, 1.165) is 4.68 Å². The topological polar surface area (TPSA) is 86.1 Å². The number of fused-ring (bicyclic) bond motifs is 1. The predicted molar refractivity (Wildman–Crippen MR) is 67.8 cm³/mol. The van der Waals surface area contributed by atoms with Crippen LogP contribution in [0.3, 0.4) is 0 Å². The first-order valence-electron chi connectivity index (χ1n) is 6.36. The van der Waals surface area contributed by atoms with Crippen LogP contribution in [0.4, 0.5) is 5.95 Å². The van der Waals surface area contributed by atoms with Gasteiger partial charge in [-0.1, -0.05) is 13.8 Å². The third kappa shape index (κ3) is 2.32. The minimum Gasteiger partial charge on any atom is -0.465 e. The molecule has 0 spiro atoms. The van der Waals surface area contributed by atoms with E-state index in [2.05, 4.69) is 15.4 Å². The van der Waals surface area contributed by atoms with E-state index in [1.165, 1.54) is 0 Å². The number of hydrogen-bond acceptors (Lipinski definition) is 6. The second kappa shape index (κ2) is 4.99. The Kier molecular flexibility index (Phi) is 3.55. The summed E-state index contributed by atoms with van der Waals surface area (Å²) in [7, 11) is 0. The lowest BCUT2D eigenvalue weighted by atomic mass is 9.88. The number of nitrogens with one attached hydrogen (secondary N) is 1. The van der Waals surface area contributed by atoms with Gasteiger partial charge in [0.15, 0.2) is 5.92 Å². The van der Waals surface area contributed by atoms with Gasteiger partial charge in [-0.2, -0.15) is 9.67 Å². The highest BCUT2D eigenvalue weighted by Gasteiger charge is 2.44. The maximum Gasteiger partial charge on any atom is 0.320 e. The van der Waals surface area contributed by atoms with Crippen molar-refractivity contribution in [2.75, 3.05) is 11.9 Å². The Labute approximate surface area is 111 Å². The predicted octanol–water partition coefficient (Wildman–Crippen LogP) is 0.856. The average molecular weight is 266 g/mol. The summed E-state index contributed by atoms with van der Waals surface area (Å²) in [6.07, 6.45) is 0. The summed E-state index contributed by atoms with van der Waals surface area (Å²) in [5.74, 6) is -0.814. The lowest BCUT2D eigenvalue weighted by Crippen LogP contribution is -2.50. The number of nitrogens with zero attached hydrogens (tertiary/aromatic N) is 3. The molecule has 2 atom stereocenters. The maximum absolute atomic E-state index is 12.4. The molecule has 2 heterocycles. The molecule has 0 aromatic carbocycles. The number of rotatable bonds is 3. The summed E-state index contributed by atoms with van der Waals surface area (Å²) < 4.78 is 6.14. The fourth-order valence-corrected chi connectivity index (χ4v) is 2.21. The Morgan fingerprint density at radius 1 is 1.53 bits per heavy atom. The first kappa shape index (κ1) is 13.5. The standard InChI is InChI=1S/C12H18N4O3/c1-5-19-11(18)8-9(6(2)3)14-12-13-7(4)15-16(12)10(8)17/h6,8-9H,5H2,1-4H3,(H,13,14,15)/t8-,9+/m0/s1. The van der Waals surface area contributed by atoms with Crippen molar-refractivity contribution in [3.63, 3.8) is 0 Å². The molecule has 0 unspecified atom stereocenters. The zero-order valence-electron chi connectivity index (χ0n) is 11.5. The summed E-state index contributed by atoms with van der Waals surface area (Å²) in [5, 5.41) is 7.11. The first-order chi connectivity index (χ1) is 8.95. The fraction of sp³-hybridized carbons (Fsp3) is 0.667. The lowest BCUT2D eigenvalue weighted by Gasteiger charge is -2.32. The highest BCUT2D eigenvalue weighted by Crippen LogP contribution is 2.26. The normalized spacial score (nSPS) is 22.1. The number of aryl methyl sites for hydroxylation is 1. The van der Waals surface area contributed by atoms with Crippen molar-refractivity contribution in [1.82, 2.24) is 14.8 Å². The first-order valence-corrected chi connectivity index (χ1v) is 6.36. The van der Waals surface area contributed by atoms with Crippen molar-refractivity contribution in [2.45, 2.75) is 33.7 Å². The highest BCUT2D eigenvalue weighted by atomic mass is 16.5. The minimum absolute atomic E-state index is 0.0871. The Morgan fingerprint density at radius 3 is 2.79 bits per heavy atom. The van der Waals surface area contributed by atoms with Crippen LogP contribution in [-0.4, -0.2) is 39.3 Å². The molecule has 2 rings (SSSR count). The second-order valence-electron chi connectivity index (χ2n) is 4.88. The van der Waals surface area contributed by atoms with Crippen molar-refractivity contribution in [2.24, 2.45) is 11.8 Å². The molecular weight excluding hydrogens is 248 g/mol. The van der Waals surface area contributed by atoms with Gasteiger partial charge >= 0.3 is 5.97 Å². The van der Waals surface area contributed by atoms with Gasteiger partial charge in [0, 0.05) is 0 Å². The molecule has 7 nitrogen and oxygen atoms in total. The number of ether oxygens (including phenoxy) is 1. The van der Waals surface area contributed by atoms with E-state index in [1.54, 1.807) is 13.8 Å². The molecule has 0 saturated carbocycles. The van der Waals surface area contributed by atoms with Crippen LogP contribution in [0.25, 0.3) is 0 Å².